The van der Waals surface area contributed by atoms with E-state index in [1.165, 1.54) is 6.92 Å². The number of nitrogens with zero attached hydrogens (tertiary/aromatic N) is 1. The number of ether oxygens (including phenoxy) is 1. The predicted molar refractivity (Wildman–Crippen MR) is 124 cm³/mol. The maximum absolute atomic E-state index is 12.9. The fraction of sp³-hybridized carbons (Fsp3) is 0.292. The molecule has 2 heterocycles. The molecule has 32 heavy (non-hydrogen) atoms. The maximum atomic E-state index is 12.9. The number of benzene rings is 2. The van der Waals surface area contributed by atoms with Crippen LogP contribution in [-0.2, 0) is 19.9 Å². The number of hydrogen-bond donors (Lipinski definition) is 2. The number of rotatable bonds is 5. The lowest BCUT2D eigenvalue weighted by molar-refractivity contribution is -0.152. The van der Waals surface area contributed by atoms with Gasteiger partial charge < -0.3 is 15.2 Å². The first kappa shape index (κ1) is 22.5. The Morgan fingerprint density at radius 3 is 2.50 bits per heavy atom. The lowest BCUT2D eigenvalue weighted by atomic mass is 9.89. The highest BCUT2D eigenvalue weighted by Gasteiger charge is 2.44. The molecule has 1 saturated heterocycles. The monoisotopic (exact) mass is 472 g/mol. The van der Waals surface area contributed by atoms with Gasteiger partial charge in [0, 0.05) is 17.6 Å². The molecular formula is C24H22Cl2N2O4. The van der Waals surface area contributed by atoms with Crippen molar-refractivity contribution in [2.24, 2.45) is 0 Å². The van der Waals surface area contributed by atoms with Gasteiger partial charge in [-0.2, -0.15) is 0 Å². The van der Waals surface area contributed by atoms with Gasteiger partial charge in [-0.3, -0.25) is 4.79 Å². The number of carboxylic acid groups (broad SMARTS) is 1. The van der Waals surface area contributed by atoms with E-state index in [0.717, 1.165) is 11.8 Å². The first-order chi connectivity index (χ1) is 15.1. The highest BCUT2D eigenvalue weighted by atomic mass is 35.5. The van der Waals surface area contributed by atoms with Crippen molar-refractivity contribution in [1.82, 2.24) is 10.3 Å². The molecule has 0 aliphatic carbocycles. The summed E-state index contributed by atoms with van der Waals surface area (Å²) in [6.07, 6.45) is 1.30. The fourth-order valence-corrected chi connectivity index (χ4v) is 4.48. The van der Waals surface area contributed by atoms with Gasteiger partial charge in [-0.1, -0.05) is 41.4 Å². The van der Waals surface area contributed by atoms with Crippen LogP contribution in [0.3, 0.4) is 0 Å². The normalized spacial score (nSPS) is 20.1. The van der Waals surface area contributed by atoms with Gasteiger partial charge in [0.1, 0.15) is 5.60 Å². The molecule has 2 aromatic carbocycles. The fourth-order valence-electron chi connectivity index (χ4n) is 3.88. The summed E-state index contributed by atoms with van der Waals surface area (Å²) >= 11 is 12.6. The van der Waals surface area contributed by atoms with Gasteiger partial charge in [-0.25, -0.2) is 9.78 Å². The summed E-state index contributed by atoms with van der Waals surface area (Å²) in [5, 5.41) is 14.4. The van der Waals surface area contributed by atoms with E-state index >= 15 is 0 Å². The number of hydrogen-bond acceptors (Lipinski definition) is 4. The molecule has 1 fully saturated rings. The van der Waals surface area contributed by atoms with Crippen molar-refractivity contribution in [2.75, 3.05) is 6.61 Å². The number of pyridine rings is 1. The Kier molecular flexibility index (Phi) is 5.88. The number of fused-ring (bicyclic) bond motifs is 1. The minimum atomic E-state index is -1.63. The van der Waals surface area contributed by atoms with E-state index in [2.05, 4.69) is 10.3 Å². The molecule has 1 amide bonds. The van der Waals surface area contributed by atoms with Crippen LogP contribution in [0.1, 0.15) is 32.3 Å². The van der Waals surface area contributed by atoms with Gasteiger partial charge in [0.2, 0.25) is 0 Å². The van der Waals surface area contributed by atoms with Crippen molar-refractivity contribution in [1.29, 1.82) is 0 Å². The van der Waals surface area contributed by atoms with Crippen LogP contribution in [0.2, 0.25) is 10.0 Å². The zero-order valence-corrected chi connectivity index (χ0v) is 19.1. The van der Waals surface area contributed by atoms with Crippen LogP contribution in [0.5, 0.6) is 0 Å². The summed E-state index contributed by atoms with van der Waals surface area (Å²) in [7, 11) is 0. The maximum Gasteiger partial charge on any atom is 0.333 e. The summed E-state index contributed by atoms with van der Waals surface area (Å²) in [6, 6.07) is 13.9. The second-order valence-corrected chi connectivity index (χ2v) is 9.08. The van der Waals surface area contributed by atoms with Crippen molar-refractivity contribution in [3.63, 3.8) is 0 Å². The van der Waals surface area contributed by atoms with Crippen molar-refractivity contribution in [3.8, 4) is 11.3 Å². The summed E-state index contributed by atoms with van der Waals surface area (Å²) in [6.45, 7) is 3.63. The van der Waals surface area contributed by atoms with Crippen LogP contribution in [0, 0.1) is 0 Å². The van der Waals surface area contributed by atoms with E-state index < -0.39 is 23.0 Å². The van der Waals surface area contributed by atoms with E-state index in [4.69, 9.17) is 27.9 Å². The van der Waals surface area contributed by atoms with E-state index in [1.54, 1.807) is 49.4 Å². The number of carboxylic acids is 1. The Bertz CT molecular complexity index is 1200. The van der Waals surface area contributed by atoms with Crippen molar-refractivity contribution < 1.29 is 19.4 Å². The number of aromatic nitrogens is 1. The second-order valence-electron chi connectivity index (χ2n) is 8.27. The van der Waals surface area contributed by atoms with E-state index in [1.807, 2.05) is 6.07 Å². The third kappa shape index (κ3) is 3.94. The van der Waals surface area contributed by atoms with E-state index in [-0.39, 0.29) is 0 Å². The molecule has 1 aromatic heterocycles. The number of halogens is 2. The first-order valence-electron chi connectivity index (χ1n) is 10.2. The Balaban J connectivity index is 1.71. The highest BCUT2D eigenvalue weighted by Crippen LogP contribution is 2.35. The Labute approximate surface area is 195 Å². The van der Waals surface area contributed by atoms with Crippen LogP contribution >= 0.6 is 23.2 Å². The van der Waals surface area contributed by atoms with Gasteiger partial charge in [-0.05, 0) is 62.6 Å². The predicted octanol–water partition coefficient (Wildman–Crippen LogP) is 5.19. The van der Waals surface area contributed by atoms with E-state index in [0.29, 0.717) is 45.4 Å². The van der Waals surface area contributed by atoms with Gasteiger partial charge in [-0.15, -0.1) is 0 Å². The Morgan fingerprint density at radius 1 is 1.16 bits per heavy atom. The summed E-state index contributed by atoms with van der Waals surface area (Å²) in [5.74, 6) is -1.61. The molecule has 2 atom stereocenters. The molecule has 2 N–H and O–H groups in total. The molecule has 4 rings (SSSR count). The standard InChI is InChI=1S/C24H22Cl2N2O4/c1-23(11-4-12-32-23)21(29)28-24(2,22(30)31)15-8-10-18-14(13-15)7-9-19(27-18)20-16(25)5-3-6-17(20)26/h3,5-10,13H,4,11-12H2,1-2H3,(H,28,29)(H,30,31)/t23-,24?/m1/s1. The summed E-state index contributed by atoms with van der Waals surface area (Å²) in [5.41, 5.74) is -0.343. The molecule has 3 aromatic rings. The van der Waals surface area contributed by atoms with Crippen molar-refractivity contribution >= 4 is 46.0 Å². The number of amides is 1. The number of carbonyl (C=O) groups is 2. The molecule has 0 radical (unpaired) electrons. The van der Waals surface area contributed by atoms with Gasteiger partial charge >= 0.3 is 5.97 Å². The zero-order chi connectivity index (χ0) is 23.1. The lowest BCUT2D eigenvalue weighted by Crippen LogP contribution is -2.56. The third-order valence-electron chi connectivity index (χ3n) is 5.98. The molecular weight excluding hydrogens is 451 g/mol. The summed E-state index contributed by atoms with van der Waals surface area (Å²) in [4.78, 5) is 29.7. The third-order valence-corrected chi connectivity index (χ3v) is 6.61. The van der Waals surface area contributed by atoms with Crippen LogP contribution in [0.15, 0.2) is 48.5 Å². The smallest absolute Gasteiger partial charge is 0.333 e. The van der Waals surface area contributed by atoms with E-state index in [9.17, 15) is 14.7 Å². The van der Waals surface area contributed by atoms with Gasteiger partial charge in [0.25, 0.3) is 5.91 Å². The minimum Gasteiger partial charge on any atom is -0.479 e. The van der Waals surface area contributed by atoms with Crippen LogP contribution in [0.25, 0.3) is 22.2 Å². The molecule has 1 aliphatic heterocycles. The Morgan fingerprint density at radius 2 is 1.88 bits per heavy atom. The molecule has 0 saturated carbocycles. The van der Waals surface area contributed by atoms with Crippen molar-refractivity contribution in [3.05, 3.63) is 64.1 Å². The van der Waals surface area contributed by atoms with Crippen LogP contribution in [0.4, 0.5) is 0 Å². The lowest BCUT2D eigenvalue weighted by Gasteiger charge is -2.31. The molecule has 1 unspecified atom stereocenters. The van der Waals surface area contributed by atoms with Crippen LogP contribution in [-0.4, -0.2) is 34.2 Å². The Hall–Kier alpha value is -2.67. The second kappa shape index (κ2) is 8.35. The zero-order valence-electron chi connectivity index (χ0n) is 17.6. The minimum absolute atomic E-state index is 0.428. The number of carbonyl (C=O) groups excluding carboxylic acids is 1. The van der Waals surface area contributed by atoms with Crippen LogP contribution < -0.4 is 5.32 Å². The highest BCUT2D eigenvalue weighted by molar-refractivity contribution is 6.39. The first-order valence-corrected chi connectivity index (χ1v) is 11.0. The van der Waals surface area contributed by atoms with Crippen molar-refractivity contribution in [2.45, 2.75) is 37.8 Å². The molecule has 166 valence electrons. The SMILES string of the molecule is CC(NC(=O)[C@@]1(C)CCCO1)(C(=O)O)c1ccc2nc(-c3c(Cl)cccc3Cl)ccc2c1. The largest absolute Gasteiger partial charge is 0.479 e. The molecule has 0 bridgehead atoms. The average molecular weight is 473 g/mol. The molecule has 1 aliphatic rings. The average Bonchev–Trinajstić information content (AvgIpc) is 3.21. The number of nitrogens with one attached hydrogen (secondary N) is 1. The quantitative estimate of drug-likeness (QED) is 0.532. The van der Waals surface area contributed by atoms with Gasteiger partial charge in [0.15, 0.2) is 5.54 Å². The topological polar surface area (TPSA) is 88.5 Å². The van der Waals surface area contributed by atoms with Gasteiger partial charge in [0.05, 0.1) is 21.3 Å². The molecule has 6 nitrogen and oxygen atoms in total. The number of aliphatic carboxylic acids is 1. The summed E-state index contributed by atoms with van der Waals surface area (Å²) < 4.78 is 5.57. The molecule has 0 spiro atoms. The molecule has 8 heteroatoms.